The second-order valence-corrected chi connectivity index (χ2v) is 3.88. The number of carbonyl (C=O) groups excluding carboxylic acids is 1. The number of aliphatic carboxylic acids is 1. The van der Waals surface area contributed by atoms with Gasteiger partial charge in [-0.1, -0.05) is 6.92 Å². The summed E-state index contributed by atoms with van der Waals surface area (Å²) in [7, 11) is 0. The molecule has 0 aliphatic rings. The number of carboxylic acid groups (broad SMARTS) is 1. The Morgan fingerprint density at radius 2 is 1.94 bits per heavy atom. The molecule has 0 bridgehead atoms. The van der Waals surface area contributed by atoms with E-state index in [0.717, 1.165) is 0 Å². The number of halogens is 3. The van der Waals surface area contributed by atoms with Gasteiger partial charge in [-0.2, -0.15) is 13.2 Å². The number of carbonyl (C=O) groups is 2. The summed E-state index contributed by atoms with van der Waals surface area (Å²) < 4.78 is 36.8. The van der Waals surface area contributed by atoms with Crippen molar-refractivity contribution in [2.45, 2.75) is 32.5 Å². The van der Waals surface area contributed by atoms with Gasteiger partial charge in [0, 0.05) is 6.54 Å². The van der Waals surface area contributed by atoms with Gasteiger partial charge in [0.05, 0.1) is 19.1 Å². The molecule has 2 N–H and O–H groups in total. The summed E-state index contributed by atoms with van der Waals surface area (Å²) in [6.07, 6.45) is -3.90. The van der Waals surface area contributed by atoms with Crippen LogP contribution >= 0.6 is 0 Å². The van der Waals surface area contributed by atoms with Crippen molar-refractivity contribution in [3.05, 3.63) is 0 Å². The zero-order valence-electron chi connectivity index (χ0n) is 10.3. The molecule has 0 aromatic carbocycles. The lowest BCUT2D eigenvalue weighted by Gasteiger charge is -2.27. The molecule has 106 valence electrons. The number of rotatable bonds is 7. The quantitative estimate of drug-likeness (QED) is 0.719. The SMILES string of the molecule is CCCNC(=O)C(C)N(CC(=O)O)CC(F)(F)F. The molecule has 0 aliphatic heterocycles. The van der Waals surface area contributed by atoms with Crippen molar-refractivity contribution in [2.24, 2.45) is 0 Å². The molecule has 0 radical (unpaired) electrons. The van der Waals surface area contributed by atoms with E-state index in [1.54, 1.807) is 6.92 Å². The highest BCUT2D eigenvalue weighted by atomic mass is 19.4. The average Bonchev–Trinajstić information content (AvgIpc) is 2.21. The van der Waals surface area contributed by atoms with Crippen LogP contribution in [0.25, 0.3) is 0 Å². The highest BCUT2D eigenvalue weighted by Gasteiger charge is 2.35. The molecule has 1 atom stereocenters. The summed E-state index contributed by atoms with van der Waals surface area (Å²) in [6.45, 7) is 1.13. The molecular weight excluding hydrogens is 253 g/mol. The van der Waals surface area contributed by atoms with Crippen LogP contribution in [0.2, 0.25) is 0 Å². The van der Waals surface area contributed by atoms with Gasteiger partial charge in [-0.3, -0.25) is 14.5 Å². The predicted octanol–water partition coefficient (Wildman–Crippen LogP) is 0.850. The smallest absolute Gasteiger partial charge is 0.401 e. The highest BCUT2D eigenvalue weighted by Crippen LogP contribution is 2.17. The fraction of sp³-hybridized carbons (Fsp3) is 0.800. The van der Waals surface area contributed by atoms with Gasteiger partial charge in [0.15, 0.2) is 0 Å². The van der Waals surface area contributed by atoms with Gasteiger partial charge in [-0.15, -0.1) is 0 Å². The zero-order valence-corrected chi connectivity index (χ0v) is 10.3. The molecule has 0 rings (SSSR count). The largest absolute Gasteiger partial charge is 0.480 e. The van der Waals surface area contributed by atoms with E-state index in [1.165, 1.54) is 6.92 Å². The molecule has 0 saturated carbocycles. The Balaban J connectivity index is 4.62. The molecule has 1 unspecified atom stereocenters. The summed E-state index contributed by atoms with van der Waals surface area (Å²) >= 11 is 0. The number of hydrogen-bond donors (Lipinski definition) is 2. The molecule has 0 aromatic rings. The molecule has 0 saturated heterocycles. The first-order chi connectivity index (χ1) is 8.17. The van der Waals surface area contributed by atoms with Gasteiger partial charge in [-0.05, 0) is 13.3 Å². The number of alkyl halides is 3. The molecule has 0 heterocycles. The minimum atomic E-state index is -4.55. The topological polar surface area (TPSA) is 69.6 Å². The minimum Gasteiger partial charge on any atom is -0.480 e. The van der Waals surface area contributed by atoms with Crippen molar-refractivity contribution in [3.8, 4) is 0 Å². The van der Waals surface area contributed by atoms with Crippen molar-refractivity contribution in [2.75, 3.05) is 19.6 Å². The Kier molecular flexibility index (Phi) is 6.67. The molecule has 0 aliphatic carbocycles. The van der Waals surface area contributed by atoms with Crippen molar-refractivity contribution >= 4 is 11.9 Å². The van der Waals surface area contributed by atoms with Crippen LogP contribution in [-0.4, -0.2) is 53.7 Å². The zero-order chi connectivity index (χ0) is 14.3. The van der Waals surface area contributed by atoms with E-state index in [9.17, 15) is 22.8 Å². The van der Waals surface area contributed by atoms with Gasteiger partial charge in [0.2, 0.25) is 5.91 Å². The van der Waals surface area contributed by atoms with E-state index in [1.807, 2.05) is 0 Å². The van der Waals surface area contributed by atoms with Gasteiger partial charge in [-0.25, -0.2) is 0 Å². The van der Waals surface area contributed by atoms with Crippen LogP contribution in [0.1, 0.15) is 20.3 Å². The van der Waals surface area contributed by atoms with Crippen LogP contribution in [0.4, 0.5) is 13.2 Å². The first-order valence-electron chi connectivity index (χ1n) is 5.47. The van der Waals surface area contributed by atoms with Gasteiger partial charge >= 0.3 is 12.1 Å². The Hall–Kier alpha value is -1.31. The van der Waals surface area contributed by atoms with Crippen molar-refractivity contribution in [1.29, 1.82) is 0 Å². The maximum Gasteiger partial charge on any atom is 0.401 e. The normalized spacial score (nSPS) is 13.4. The van der Waals surface area contributed by atoms with E-state index in [4.69, 9.17) is 5.11 Å². The number of nitrogens with zero attached hydrogens (tertiary/aromatic N) is 1. The summed E-state index contributed by atoms with van der Waals surface area (Å²) in [5.41, 5.74) is 0. The van der Waals surface area contributed by atoms with E-state index < -0.39 is 37.2 Å². The summed E-state index contributed by atoms with van der Waals surface area (Å²) in [4.78, 5) is 22.6. The van der Waals surface area contributed by atoms with Crippen molar-refractivity contribution in [3.63, 3.8) is 0 Å². The molecule has 0 spiro atoms. The van der Waals surface area contributed by atoms with E-state index >= 15 is 0 Å². The van der Waals surface area contributed by atoms with Crippen LogP contribution < -0.4 is 5.32 Å². The standard InChI is InChI=1S/C10H17F3N2O3/c1-3-4-14-9(18)7(2)15(5-8(16)17)6-10(11,12)13/h7H,3-6H2,1-2H3,(H,14,18)(H,16,17). The Bertz CT molecular complexity index is 295. The monoisotopic (exact) mass is 270 g/mol. The summed E-state index contributed by atoms with van der Waals surface area (Å²) in [6, 6.07) is -1.14. The second-order valence-electron chi connectivity index (χ2n) is 3.88. The Morgan fingerprint density at radius 1 is 1.39 bits per heavy atom. The predicted molar refractivity (Wildman–Crippen MR) is 58.0 cm³/mol. The lowest BCUT2D eigenvalue weighted by molar-refractivity contribution is -0.160. The molecule has 8 heteroatoms. The maximum atomic E-state index is 12.3. The van der Waals surface area contributed by atoms with Gasteiger partial charge in [0.25, 0.3) is 0 Å². The first-order valence-corrected chi connectivity index (χ1v) is 5.47. The maximum absolute atomic E-state index is 12.3. The number of amides is 1. The van der Waals surface area contributed by atoms with Crippen molar-refractivity contribution < 1.29 is 27.9 Å². The summed E-state index contributed by atoms with van der Waals surface area (Å²) in [5, 5.41) is 11.0. The minimum absolute atomic E-state index is 0.343. The van der Waals surface area contributed by atoms with E-state index in [-0.39, 0.29) is 0 Å². The van der Waals surface area contributed by atoms with Crippen LogP contribution in [0, 0.1) is 0 Å². The third-order valence-corrected chi connectivity index (χ3v) is 2.20. The molecular formula is C10H17F3N2O3. The van der Waals surface area contributed by atoms with Crippen molar-refractivity contribution in [1.82, 2.24) is 10.2 Å². The first kappa shape index (κ1) is 16.7. The lowest BCUT2D eigenvalue weighted by Crippen LogP contribution is -2.50. The Labute approximate surface area is 103 Å². The average molecular weight is 270 g/mol. The molecule has 5 nitrogen and oxygen atoms in total. The van der Waals surface area contributed by atoms with Crippen LogP contribution in [0.3, 0.4) is 0 Å². The molecule has 0 aromatic heterocycles. The third-order valence-electron chi connectivity index (χ3n) is 2.20. The lowest BCUT2D eigenvalue weighted by atomic mass is 10.2. The highest BCUT2D eigenvalue weighted by molar-refractivity contribution is 5.82. The van der Waals surface area contributed by atoms with E-state index in [2.05, 4.69) is 5.32 Å². The van der Waals surface area contributed by atoms with Crippen LogP contribution in [0.15, 0.2) is 0 Å². The fourth-order valence-electron chi connectivity index (χ4n) is 1.30. The van der Waals surface area contributed by atoms with Crippen LogP contribution in [0.5, 0.6) is 0 Å². The van der Waals surface area contributed by atoms with Crippen LogP contribution in [-0.2, 0) is 9.59 Å². The molecule has 0 fully saturated rings. The van der Waals surface area contributed by atoms with Gasteiger partial charge < -0.3 is 10.4 Å². The fourth-order valence-corrected chi connectivity index (χ4v) is 1.30. The Morgan fingerprint density at radius 3 is 2.33 bits per heavy atom. The second kappa shape index (κ2) is 7.20. The summed E-state index contributed by atoms with van der Waals surface area (Å²) in [5.74, 6) is -2.02. The molecule has 18 heavy (non-hydrogen) atoms. The van der Waals surface area contributed by atoms with Gasteiger partial charge in [0.1, 0.15) is 0 Å². The third kappa shape index (κ3) is 7.10. The molecule has 1 amide bonds. The van der Waals surface area contributed by atoms with E-state index in [0.29, 0.717) is 17.9 Å². The number of carboxylic acids is 1. The number of nitrogens with one attached hydrogen (secondary N) is 1. The number of hydrogen-bond acceptors (Lipinski definition) is 3.